The summed E-state index contributed by atoms with van der Waals surface area (Å²) >= 11 is 3.37. The molecule has 0 saturated carbocycles. The highest BCUT2D eigenvalue weighted by Crippen LogP contribution is 2.21. The summed E-state index contributed by atoms with van der Waals surface area (Å²) in [5, 5.41) is 0. The van der Waals surface area contributed by atoms with Crippen LogP contribution in [0.15, 0.2) is 22.7 Å². The van der Waals surface area contributed by atoms with Gasteiger partial charge in [0.1, 0.15) is 0 Å². The quantitative estimate of drug-likeness (QED) is 0.623. The zero-order valence-electron chi connectivity index (χ0n) is 8.75. The highest BCUT2D eigenvalue weighted by Gasteiger charge is 2.04. The van der Waals surface area contributed by atoms with Crippen molar-refractivity contribution in [3.63, 3.8) is 0 Å². The highest BCUT2D eigenvalue weighted by atomic mass is 79.9. The van der Waals surface area contributed by atoms with Crippen LogP contribution in [0.2, 0.25) is 0 Å². The zero-order valence-corrected chi connectivity index (χ0v) is 10.3. The maximum Gasteiger partial charge on any atom is 0.355 e. The summed E-state index contributed by atoms with van der Waals surface area (Å²) in [7, 11) is 0. The van der Waals surface area contributed by atoms with Crippen LogP contribution >= 0.6 is 15.9 Å². The number of halogens is 1. The van der Waals surface area contributed by atoms with Crippen molar-refractivity contribution < 1.29 is 14.6 Å². The number of benzene rings is 1. The summed E-state index contributed by atoms with van der Waals surface area (Å²) in [5.74, 6) is 0.179. The second-order valence-electron chi connectivity index (χ2n) is 3.20. The van der Waals surface area contributed by atoms with E-state index in [1.807, 2.05) is 19.9 Å². The largest absolute Gasteiger partial charge is 0.355 e. The van der Waals surface area contributed by atoms with Crippen LogP contribution in [0.3, 0.4) is 0 Å². The molecule has 1 rings (SSSR count). The molecule has 0 fully saturated rings. The number of carbonyl (C=O) groups is 1. The third kappa shape index (κ3) is 3.91. The minimum absolute atomic E-state index is 0.349. The first kappa shape index (κ1) is 12.0. The third-order valence-corrected chi connectivity index (χ3v) is 2.70. The molecule has 1 aromatic carbocycles. The molecule has 1 aromatic rings. The molecule has 0 atom stereocenters. The summed E-state index contributed by atoms with van der Waals surface area (Å²) in [4.78, 5) is 20.5. The molecule has 15 heavy (non-hydrogen) atoms. The van der Waals surface area contributed by atoms with E-state index in [4.69, 9.17) is 4.89 Å². The van der Waals surface area contributed by atoms with Crippen LogP contribution in [-0.2, 0) is 9.68 Å². The van der Waals surface area contributed by atoms with Crippen molar-refractivity contribution in [2.45, 2.75) is 26.7 Å². The Hall–Kier alpha value is -1.03. The van der Waals surface area contributed by atoms with Crippen LogP contribution in [-0.4, -0.2) is 5.97 Å². The van der Waals surface area contributed by atoms with E-state index >= 15 is 0 Å². The molecule has 0 bridgehead atoms. The van der Waals surface area contributed by atoms with Crippen molar-refractivity contribution in [2.75, 3.05) is 0 Å². The topological polar surface area (TPSA) is 35.5 Å². The first-order valence-electron chi connectivity index (χ1n) is 4.77. The standard InChI is InChI=1S/C11H13BrO3/c1-3-4-11(13)15-14-9-5-6-10(12)8(2)7-9/h5-7H,3-4H2,1-2H3. The van der Waals surface area contributed by atoms with Gasteiger partial charge in [-0.3, -0.25) is 9.78 Å². The maximum atomic E-state index is 11.0. The maximum absolute atomic E-state index is 11.0. The average Bonchev–Trinajstić information content (AvgIpc) is 2.20. The Morgan fingerprint density at radius 1 is 1.47 bits per heavy atom. The molecular weight excluding hydrogens is 260 g/mol. The van der Waals surface area contributed by atoms with E-state index in [0.717, 1.165) is 16.5 Å². The van der Waals surface area contributed by atoms with Crippen LogP contribution in [0.5, 0.6) is 5.75 Å². The number of carbonyl (C=O) groups excluding carboxylic acids is 1. The van der Waals surface area contributed by atoms with Gasteiger partial charge in [-0.25, -0.2) is 4.79 Å². The van der Waals surface area contributed by atoms with Crippen molar-refractivity contribution in [1.29, 1.82) is 0 Å². The van der Waals surface area contributed by atoms with Gasteiger partial charge in [0.2, 0.25) is 0 Å². The summed E-state index contributed by atoms with van der Waals surface area (Å²) in [6.45, 7) is 3.84. The van der Waals surface area contributed by atoms with E-state index in [2.05, 4.69) is 20.8 Å². The lowest BCUT2D eigenvalue weighted by Crippen LogP contribution is -2.07. The van der Waals surface area contributed by atoms with Crippen molar-refractivity contribution in [1.82, 2.24) is 0 Å². The monoisotopic (exact) mass is 272 g/mol. The number of aryl methyl sites for hydroxylation is 1. The Kier molecular flexibility index (Phi) is 4.62. The Balaban J connectivity index is 2.51. The average molecular weight is 273 g/mol. The second-order valence-corrected chi connectivity index (χ2v) is 4.05. The highest BCUT2D eigenvalue weighted by molar-refractivity contribution is 9.10. The molecule has 0 aliphatic heterocycles. The Morgan fingerprint density at radius 2 is 2.20 bits per heavy atom. The zero-order chi connectivity index (χ0) is 11.3. The van der Waals surface area contributed by atoms with Crippen LogP contribution in [0, 0.1) is 6.92 Å². The van der Waals surface area contributed by atoms with E-state index in [1.165, 1.54) is 0 Å². The van der Waals surface area contributed by atoms with Crippen LogP contribution in [0.1, 0.15) is 25.3 Å². The molecule has 3 nitrogen and oxygen atoms in total. The minimum atomic E-state index is -0.349. The third-order valence-electron chi connectivity index (χ3n) is 1.81. The Labute approximate surface area is 97.4 Å². The van der Waals surface area contributed by atoms with Gasteiger partial charge in [0, 0.05) is 10.9 Å². The lowest BCUT2D eigenvalue weighted by atomic mass is 10.2. The van der Waals surface area contributed by atoms with Crippen molar-refractivity contribution in [3.05, 3.63) is 28.2 Å². The van der Waals surface area contributed by atoms with Gasteiger partial charge in [-0.2, -0.15) is 0 Å². The molecule has 0 aromatic heterocycles. The SMILES string of the molecule is CCCC(=O)OOc1ccc(Br)c(C)c1. The van der Waals surface area contributed by atoms with Crippen LogP contribution in [0.25, 0.3) is 0 Å². The molecule has 0 N–H and O–H groups in total. The minimum Gasteiger partial charge on any atom is -0.287 e. The molecular formula is C11H13BrO3. The molecule has 0 saturated heterocycles. The second kappa shape index (κ2) is 5.75. The smallest absolute Gasteiger partial charge is 0.287 e. The fourth-order valence-electron chi connectivity index (χ4n) is 1.01. The first-order chi connectivity index (χ1) is 7.13. The summed E-state index contributed by atoms with van der Waals surface area (Å²) in [6, 6.07) is 5.37. The van der Waals surface area contributed by atoms with Crippen LogP contribution < -0.4 is 4.89 Å². The fourth-order valence-corrected chi connectivity index (χ4v) is 1.26. The van der Waals surface area contributed by atoms with Gasteiger partial charge in [-0.15, -0.1) is 0 Å². The molecule has 4 heteroatoms. The summed E-state index contributed by atoms with van der Waals surface area (Å²) in [5.41, 5.74) is 1.03. The van der Waals surface area contributed by atoms with Gasteiger partial charge in [-0.1, -0.05) is 22.9 Å². The van der Waals surface area contributed by atoms with E-state index in [-0.39, 0.29) is 5.97 Å². The van der Waals surface area contributed by atoms with Crippen molar-refractivity contribution >= 4 is 21.9 Å². The lowest BCUT2D eigenvalue weighted by Gasteiger charge is -2.05. The van der Waals surface area contributed by atoms with Gasteiger partial charge >= 0.3 is 5.97 Å². The van der Waals surface area contributed by atoms with Gasteiger partial charge in [0.15, 0.2) is 5.75 Å². The van der Waals surface area contributed by atoms with Gasteiger partial charge in [-0.05, 0) is 37.1 Å². The number of hydrogen-bond acceptors (Lipinski definition) is 3. The summed E-state index contributed by atoms with van der Waals surface area (Å²) < 4.78 is 0.995. The molecule has 0 aliphatic rings. The van der Waals surface area contributed by atoms with E-state index < -0.39 is 0 Å². The number of hydrogen-bond donors (Lipinski definition) is 0. The molecule has 0 heterocycles. The van der Waals surface area contributed by atoms with Crippen molar-refractivity contribution in [2.24, 2.45) is 0 Å². The van der Waals surface area contributed by atoms with E-state index in [1.54, 1.807) is 12.1 Å². The van der Waals surface area contributed by atoms with E-state index in [9.17, 15) is 4.79 Å². The molecule has 0 spiro atoms. The predicted molar refractivity (Wildman–Crippen MR) is 60.5 cm³/mol. The molecule has 0 aliphatic carbocycles. The van der Waals surface area contributed by atoms with Crippen LogP contribution in [0.4, 0.5) is 0 Å². The predicted octanol–water partition coefficient (Wildman–Crippen LogP) is 3.39. The molecule has 0 radical (unpaired) electrons. The Bertz CT molecular complexity index is 350. The normalized spacial score (nSPS) is 9.80. The lowest BCUT2D eigenvalue weighted by molar-refractivity contribution is -0.213. The first-order valence-corrected chi connectivity index (χ1v) is 5.56. The molecule has 82 valence electrons. The fraction of sp³-hybridized carbons (Fsp3) is 0.364. The Morgan fingerprint density at radius 3 is 2.80 bits per heavy atom. The molecule has 0 amide bonds. The van der Waals surface area contributed by atoms with E-state index in [0.29, 0.717) is 12.2 Å². The van der Waals surface area contributed by atoms with Crippen molar-refractivity contribution in [3.8, 4) is 5.75 Å². The summed E-state index contributed by atoms with van der Waals surface area (Å²) in [6.07, 6.45) is 1.12. The van der Waals surface area contributed by atoms with Gasteiger partial charge < -0.3 is 0 Å². The number of rotatable bonds is 4. The molecule has 0 unspecified atom stereocenters. The van der Waals surface area contributed by atoms with Gasteiger partial charge in [0.25, 0.3) is 0 Å². The van der Waals surface area contributed by atoms with Gasteiger partial charge in [0.05, 0.1) is 0 Å².